The molecule has 0 aliphatic carbocycles. The SMILES string of the molecule is CCCCOc1ccc(C(CO)c2ccc(Cl)c(S(N)(=O)=O)c2)cc1. The molecule has 0 amide bonds. The molecule has 2 rings (SSSR count). The van der Waals surface area contributed by atoms with Crippen LogP contribution in [0.2, 0.25) is 5.02 Å². The van der Waals surface area contributed by atoms with Gasteiger partial charge in [-0.2, -0.15) is 0 Å². The first kappa shape index (κ1) is 19.7. The van der Waals surface area contributed by atoms with Crippen molar-refractivity contribution in [3.63, 3.8) is 0 Å². The van der Waals surface area contributed by atoms with Crippen LogP contribution in [-0.2, 0) is 10.0 Å². The second kappa shape index (κ2) is 8.67. The van der Waals surface area contributed by atoms with Crippen molar-refractivity contribution in [1.29, 1.82) is 0 Å². The molecule has 0 aliphatic heterocycles. The monoisotopic (exact) mass is 383 g/mol. The number of aliphatic hydroxyl groups is 1. The van der Waals surface area contributed by atoms with Gasteiger partial charge in [0.2, 0.25) is 10.0 Å². The normalized spacial score (nSPS) is 12.8. The van der Waals surface area contributed by atoms with E-state index in [2.05, 4.69) is 6.92 Å². The maximum atomic E-state index is 11.6. The molecule has 0 spiro atoms. The number of benzene rings is 2. The number of hydrogen-bond acceptors (Lipinski definition) is 4. The fourth-order valence-electron chi connectivity index (χ4n) is 2.49. The Labute approximate surface area is 153 Å². The van der Waals surface area contributed by atoms with E-state index in [1.165, 1.54) is 12.1 Å². The summed E-state index contributed by atoms with van der Waals surface area (Å²) in [6.45, 7) is 2.58. The van der Waals surface area contributed by atoms with Crippen LogP contribution >= 0.6 is 11.6 Å². The summed E-state index contributed by atoms with van der Waals surface area (Å²) in [4.78, 5) is -0.148. The van der Waals surface area contributed by atoms with Gasteiger partial charge in [-0.05, 0) is 41.8 Å². The molecule has 1 unspecified atom stereocenters. The van der Waals surface area contributed by atoms with Gasteiger partial charge in [0, 0.05) is 5.92 Å². The Hall–Kier alpha value is -1.60. The third-order valence-electron chi connectivity index (χ3n) is 3.90. The molecule has 2 aromatic rings. The molecule has 0 aromatic heterocycles. The van der Waals surface area contributed by atoms with E-state index in [1.54, 1.807) is 6.07 Å². The van der Waals surface area contributed by atoms with E-state index in [0.29, 0.717) is 12.2 Å². The van der Waals surface area contributed by atoms with Crippen LogP contribution in [0.1, 0.15) is 36.8 Å². The highest BCUT2D eigenvalue weighted by Gasteiger charge is 2.19. The Kier molecular flexibility index (Phi) is 6.84. The second-order valence-electron chi connectivity index (χ2n) is 5.74. The zero-order chi connectivity index (χ0) is 18.4. The van der Waals surface area contributed by atoms with E-state index in [4.69, 9.17) is 21.5 Å². The molecule has 0 heterocycles. The smallest absolute Gasteiger partial charge is 0.239 e. The topological polar surface area (TPSA) is 89.6 Å². The van der Waals surface area contributed by atoms with Gasteiger partial charge in [0.1, 0.15) is 10.6 Å². The number of sulfonamides is 1. The van der Waals surface area contributed by atoms with Crippen LogP contribution in [-0.4, -0.2) is 26.7 Å². The lowest BCUT2D eigenvalue weighted by molar-refractivity contribution is 0.280. The fourth-order valence-corrected chi connectivity index (χ4v) is 3.57. The number of hydrogen-bond donors (Lipinski definition) is 2. The van der Waals surface area contributed by atoms with Crippen LogP contribution in [0.25, 0.3) is 0 Å². The van der Waals surface area contributed by atoms with E-state index in [9.17, 15) is 13.5 Å². The largest absolute Gasteiger partial charge is 0.494 e. The quantitative estimate of drug-likeness (QED) is 0.684. The van der Waals surface area contributed by atoms with Gasteiger partial charge in [-0.3, -0.25) is 0 Å². The highest BCUT2D eigenvalue weighted by molar-refractivity contribution is 7.89. The van der Waals surface area contributed by atoms with Gasteiger partial charge in [0.05, 0.1) is 18.2 Å². The molecule has 3 N–H and O–H groups in total. The molecule has 0 radical (unpaired) electrons. The average Bonchev–Trinajstić information content (AvgIpc) is 2.57. The molecule has 136 valence electrons. The van der Waals surface area contributed by atoms with Gasteiger partial charge in [-0.1, -0.05) is 43.1 Å². The van der Waals surface area contributed by atoms with Crippen molar-refractivity contribution in [3.8, 4) is 5.75 Å². The van der Waals surface area contributed by atoms with E-state index < -0.39 is 10.0 Å². The molecule has 0 aliphatic rings. The summed E-state index contributed by atoms with van der Waals surface area (Å²) >= 11 is 5.92. The van der Waals surface area contributed by atoms with Crippen molar-refractivity contribution >= 4 is 21.6 Å². The minimum absolute atomic E-state index is 0.0580. The number of primary sulfonamides is 1. The number of halogens is 1. The third-order valence-corrected chi connectivity index (χ3v) is 5.29. The minimum atomic E-state index is -3.93. The van der Waals surface area contributed by atoms with Crippen LogP contribution in [0.15, 0.2) is 47.4 Å². The Morgan fingerprint density at radius 2 is 1.80 bits per heavy atom. The van der Waals surface area contributed by atoms with Gasteiger partial charge in [0.25, 0.3) is 0 Å². The van der Waals surface area contributed by atoms with Crippen molar-refractivity contribution in [3.05, 3.63) is 58.6 Å². The number of unbranched alkanes of at least 4 members (excludes halogenated alkanes) is 1. The number of rotatable bonds is 8. The number of ether oxygens (including phenoxy) is 1. The zero-order valence-electron chi connectivity index (χ0n) is 14.0. The minimum Gasteiger partial charge on any atom is -0.494 e. The van der Waals surface area contributed by atoms with Gasteiger partial charge < -0.3 is 9.84 Å². The highest BCUT2D eigenvalue weighted by atomic mass is 35.5. The molecular formula is C18H22ClNO4S. The Balaban J connectivity index is 2.28. The van der Waals surface area contributed by atoms with Gasteiger partial charge in [-0.25, -0.2) is 13.6 Å². The van der Waals surface area contributed by atoms with E-state index >= 15 is 0 Å². The second-order valence-corrected chi connectivity index (χ2v) is 7.68. The molecule has 2 aromatic carbocycles. The summed E-state index contributed by atoms with van der Waals surface area (Å²) in [5, 5.41) is 15.0. The van der Waals surface area contributed by atoms with Crippen LogP contribution in [0.3, 0.4) is 0 Å². The van der Waals surface area contributed by atoms with E-state index in [-0.39, 0.29) is 22.4 Å². The highest BCUT2D eigenvalue weighted by Crippen LogP contribution is 2.30. The average molecular weight is 384 g/mol. The van der Waals surface area contributed by atoms with Crippen molar-refractivity contribution in [2.24, 2.45) is 5.14 Å². The van der Waals surface area contributed by atoms with Crippen molar-refractivity contribution in [2.45, 2.75) is 30.6 Å². The fraction of sp³-hybridized carbons (Fsp3) is 0.333. The Bertz CT molecular complexity index is 806. The summed E-state index contributed by atoms with van der Waals surface area (Å²) in [6.07, 6.45) is 2.05. The third kappa shape index (κ3) is 5.19. The predicted molar refractivity (Wildman–Crippen MR) is 98.6 cm³/mol. The van der Waals surface area contributed by atoms with Gasteiger partial charge in [0.15, 0.2) is 0 Å². The first-order chi connectivity index (χ1) is 11.9. The lowest BCUT2D eigenvalue weighted by Crippen LogP contribution is -2.14. The van der Waals surface area contributed by atoms with Gasteiger partial charge >= 0.3 is 0 Å². The molecule has 1 atom stereocenters. The summed E-state index contributed by atoms with van der Waals surface area (Å²) in [6, 6.07) is 11.9. The summed E-state index contributed by atoms with van der Waals surface area (Å²) in [5.74, 6) is 0.373. The van der Waals surface area contributed by atoms with E-state index in [1.807, 2.05) is 24.3 Å². The van der Waals surface area contributed by atoms with Crippen molar-refractivity contribution in [1.82, 2.24) is 0 Å². The molecular weight excluding hydrogens is 362 g/mol. The molecule has 7 heteroatoms. The van der Waals surface area contributed by atoms with Crippen LogP contribution in [0, 0.1) is 0 Å². The predicted octanol–water partition coefficient (Wildman–Crippen LogP) is 3.29. The van der Waals surface area contributed by atoms with Crippen LogP contribution < -0.4 is 9.88 Å². The zero-order valence-corrected chi connectivity index (χ0v) is 15.6. The molecule has 5 nitrogen and oxygen atoms in total. The number of nitrogens with two attached hydrogens (primary N) is 1. The lowest BCUT2D eigenvalue weighted by Gasteiger charge is -2.17. The van der Waals surface area contributed by atoms with Crippen molar-refractivity contribution < 1.29 is 18.3 Å². The maximum absolute atomic E-state index is 11.6. The Morgan fingerprint density at radius 3 is 2.36 bits per heavy atom. The summed E-state index contributed by atoms with van der Waals surface area (Å²) < 4.78 is 28.9. The van der Waals surface area contributed by atoms with E-state index in [0.717, 1.165) is 24.2 Å². The molecule has 0 saturated heterocycles. The first-order valence-corrected chi connectivity index (χ1v) is 9.95. The molecule has 0 bridgehead atoms. The summed E-state index contributed by atoms with van der Waals surface area (Å²) in [5.41, 5.74) is 1.46. The molecule has 0 saturated carbocycles. The lowest BCUT2D eigenvalue weighted by atomic mass is 9.92. The summed E-state index contributed by atoms with van der Waals surface area (Å²) in [7, 11) is -3.93. The maximum Gasteiger partial charge on any atom is 0.239 e. The molecule has 25 heavy (non-hydrogen) atoms. The van der Waals surface area contributed by atoms with Crippen molar-refractivity contribution in [2.75, 3.05) is 13.2 Å². The first-order valence-electron chi connectivity index (χ1n) is 8.02. The van der Waals surface area contributed by atoms with Crippen LogP contribution in [0.4, 0.5) is 0 Å². The number of aliphatic hydroxyl groups excluding tert-OH is 1. The standard InChI is InChI=1S/C18H22ClNO4S/c1-2-3-10-24-15-7-4-13(5-8-15)16(12-21)14-6-9-17(19)18(11-14)25(20,22)23/h4-9,11,16,21H,2-3,10,12H2,1H3,(H2,20,22,23). The Morgan fingerprint density at radius 1 is 1.16 bits per heavy atom. The molecule has 0 fully saturated rings. The van der Waals surface area contributed by atoms with Crippen LogP contribution in [0.5, 0.6) is 5.75 Å². The van der Waals surface area contributed by atoms with Gasteiger partial charge in [-0.15, -0.1) is 0 Å².